The lowest BCUT2D eigenvalue weighted by Crippen LogP contribution is -2.12. The van der Waals surface area contributed by atoms with Crippen LogP contribution in [0.5, 0.6) is 0 Å². The maximum atomic E-state index is 13.8. The zero-order valence-corrected chi connectivity index (χ0v) is 27.7. The third-order valence-corrected chi connectivity index (χ3v) is 12.5. The Balaban J connectivity index is 1.55. The number of rotatable bonds is 8. The second-order valence-corrected chi connectivity index (χ2v) is 15.7. The first kappa shape index (κ1) is 31.7. The fourth-order valence-corrected chi connectivity index (χ4v) is 10.3. The molecule has 1 saturated carbocycles. The van der Waals surface area contributed by atoms with Crippen molar-refractivity contribution in [2.24, 2.45) is 0 Å². The molecule has 2 aromatic carbocycles. The summed E-state index contributed by atoms with van der Waals surface area (Å²) in [6, 6.07) is 18.3. The number of hydrogen-bond acceptors (Lipinski definition) is 9. The number of ether oxygens (including phenoxy) is 1. The van der Waals surface area contributed by atoms with Crippen molar-refractivity contribution in [1.29, 1.82) is 10.5 Å². The summed E-state index contributed by atoms with van der Waals surface area (Å²) < 4.78 is 6.95. The van der Waals surface area contributed by atoms with E-state index < -0.39 is 11.9 Å². The molecule has 43 heavy (non-hydrogen) atoms. The van der Waals surface area contributed by atoms with Gasteiger partial charge in [-0.05, 0) is 54.0 Å². The first-order chi connectivity index (χ1) is 20.8. The van der Waals surface area contributed by atoms with Crippen molar-refractivity contribution in [1.82, 2.24) is 0 Å². The van der Waals surface area contributed by atoms with Crippen molar-refractivity contribution >= 4 is 81.3 Å². The number of benzene rings is 2. The van der Waals surface area contributed by atoms with E-state index in [-0.39, 0.29) is 9.75 Å². The summed E-state index contributed by atoms with van der Waals surface area (Å²) in [6.07, 6.45) is 5.58. The van der Waals surface area contributed by atoms with Crippen molar-refractivity contribution in [3.05, 3.63) is 79.5 Å². The Morgan fingerprint density at radius 2 is 1.28 bits per heavy atom. The second-order valence-electron chi connectivity index (χ2n) is 9.66. The van der Waals surface area contributed by atoms with Gasteiger partial charge in [0.05, 0.1) is 19.5 Å². The molecule has 2 heterocycles. The highest BCUT2D eigenvalue weighted by molar-refractivity contribution is 8.01. The van der Waals surface area contributed by atoms with Gasteiger partial charge in [0.1, 0.15) is 21.9 Å². The van der Waals surface area contributed by atoms with E-state index in [1.807, 2.05) is 6.92 Å². The standard InChI is InChI=1S/C32H24Cl2N2O3S4/c1-2-40-31-23(16-35)25(18-8-12-20(33)13-9-18)27(42-31)29(37)39-30(38)28-26(19-10-14-21(34)15-11-19)24(17-36)32(43-28)41-22-6-4-3-5-7-22/h8-15,22H,2-7H2,1H3. The Morgan fingerprint density at radius 1 is 0.814 bits per heavy atom. The lowest BCUT2D eigenvalue weighted by atomic mass is 10.0. The second kappa shape index (κ2) is 14.3. The Hall–Kier alpha value is -2.76. The number of nitriles is 2. The maximum Gasteiger partial charge on any atom is 0.356 e. The van der Waals surface area contributed by atoms with Crippen molar-refractivity contribution < 1.29 is 14.3 Å². The summed E-state index contributed by atoms with van der Waals surface area (Å²) >= 11 is 17.6. The first-order valence-electron chi connectivity index (χ1n) is 13.6. The number of carbonyl (C=O) groups excluding carboxylic acids is 2. The molecule has 5 nitrogen and oxygen atoms in total. The van der Waals surface area contributed by atoms with Gasteiger partial charge in [-0.25, -0.2) is 9.59 Å². The Morgan fingerprint density at radius 3 is 1.74 bits per heavy atom. The fraction of sp³-hybridized carbons (Fsp3) is 0.250. The zero-order valence-electron chi connectivity index (χ0n) is 22.9. The van der Waals surface area contributed by atoms with Crippen LogP contribution in [0, 0.1) is 22.7 Å². The van der Waals surface area contributed by atoms with E-state index in [0.29, 0.717) is 58.6 Å². The van der Waals surface area contributed by atoms with Crippen LogP contribution in [0.2, 0.25) is 10.0 Å². The molecule has 0 bridgehead atoms. The number of carbonyl (C=O) groups is 2. The quantitative estimate of drug-likeness (QED) is 0.104. The van der Waals surface area contributed by atoms with E-state index in [1.165, 1.54) is 29.5 Å². The highest BCUT2D eigenvalue weighted by Gasteiger charge is 2.31. The predicted molar refractivity (Wildman–Crippen MR) is 178 cm³/mol. The molecule has 1 fully saturated rings. The minimum absolute atomic E-state index is 0.157. The fourth-order valence-electron chi connectivity index (χ4n) is 4.92. The molecule has 0 N–H and O–H groups in total. The van der Waals surface area contributed by atoms with Gasteiger partial charge in [0.2, 0.25) is 0 Å². The molecule has 0 aliphatic heterocycles. The molecule has 0 atom stereocenters. The summed E-state index contributed by atoms with van der Waals surface area (Å²) in [5.74, 6) is -0.999. The molecule has 1 aliphatic carbocycles. The Kier molecular flexibility index (Phi) is 10.6. The van der Waals surface area contributed by atoms with Gasteiger partial charge in [-0.15, -0.1) is 46.2 Å². The molecule has 1 aliphatic rings. The Labute approximate surface area is 276 Å². The predicted octanol–water partition coefficient (Wildman–Crippen LogP) is 10.7. The molecule has 5 rings (SSSR count). The monoisotopic (exact) mass is 682 g/mol. The molecule has 0 unspecified atom stereocenters. The number of hydrogen-bond donors (Lipinski definition) is 0. The highest BCUT2D eigenvalue weighted by Crippen LogP contribution is 2.46. The number of thiophene rings is 2. The van der Waals surface area contributed by atoms with Crippen molar-refractivity contribution in [3.63, 3.8) is 0 Å². The SMILES string of the molecule is CCSc1sc(C(=O)OC(=O)c2sc(SC3CCCCC3)c(C#N)c2-c2ccc(Cl)cc2)c(-c2ccc(Cl)cc2)c1C#N. The van der Waals surface area contributed by atoms with E-state index in [0.717, 1.165) is 41.2 Å². The zero-order chi connectivity index (χ0) is 30.5. The van der Waals surface area contributed by atoms with Gasteiger partial charge in [-0.1, -0.05) is 73.7 Å². The van der Waals surface area contributed by atoms with Gasteiger partial charge < -0.3 is 4.74 Å². The van der Waals surface area contributed by atoms with Crippen LogP contribution in [0.1, 0.15) is 69.5 Å². The number of halogens is 2. The first-order valence-corrected chi connectivity index (χ1v) is 17.8. The van der Waals surface area contributed by atoms with Gasteiger partial charge in [0, 0.05) is 26.4 Å². The van der Waals surface area contributed by atoms with Crippen molar-refractivity contribution in [2.75, 3.05) is 5.75 Å². The highest BCUT2D eigenvalue weighted by atomic mass is 35.5. The van der Waals surface area contributed by atoms with Crippen LogP contribution in [0.25, 0.3) is 22.3 Å². The van der Waals surface area contributed by atoms with Crippen molar-refractivity contribution in [3.8, 4) is 34.4 Å². The summed E-state index contributed by atoms with van der Waals surface area (Å²) in [4.78, 5) is 27.8. The number of nitrogens with zero attached hydrogens (tertiary/aromatic N) is 2. The number of esters is 2. The molecule has 11 heteroatoms. The molecule has 218 valence electrons. The summed E-state index contributed by atoms with van der Waals surface area (Å²) in [7, 11) is 0. The van der Waals surface area contributed by atoms with Gasteiger partial charge in [-0.2, -0.15) is 10.5 Å². The molecule has 0 spiro atoms. The van der Waals surface area contributed by atoms with Crippen LogP contribution < -0.4 is 0 Å². The van der Waals surface area contributed by atoms with E-state index in [1.54, 1.807) is 60.3 Å². The smallest absolute Gasteiger partial charge is 0.356 e. The minimum Gasteiger partial charge on any atom is -0.384 e. The van der Waals surface area contributed by atoms with E-state index in [9.17, 15) is 20.1 Å². The lowest BCUT2D eigenvalue weighted by molar-refractivity contribution is 0.0406. The van der Waals surface area contributed by atoms with Crippen LogP contribution in [0.15, 0.2) is 56.9 Å². The summed E-state index contributed by atoms with van der Waals surface area (Å²) in [5, 5.41) is 21.7. The molecule has 0 saturated heterocycles. The van der Waals surface area contributed by atoms with Gasteiger partial charge >= 0.3 is 11.9 Å². The molecule has 4 aromatic rings. The Bertz CT molecular complexity index is 1740. The van der Waals surface area contributed by atoms with Crippen LogP contribution >= 0.6 is 69.4 Å². The van der Waals surface area contributed by atoms with E-state index in [2.05, 4.69) is 12.1 Å². The van der Waals surface area contributed by atoms with Crippen LogP contribution in [0.3, 0.4) is 0 Å². The summed E-state index contributed by atoms with van der Waals surface area (Å²) in [6.45, 7) is 1.96. The van der Waals surface area contributed by atoms with Gasteiger partial charge in [0.15, 0.2) is 0 Å². The van der Waals surface area contributed by atoms with Crippen molar-refractivity contribution in [2.45, 2.75) is 52.7 Å². The van der Waals surface area contributed by atoms with Crippen LogP contribution in [-0.2, 0) is 4.74 Å². The summed E-state index contributed by atoms with van der Waals surface area (Å²) in [5.41, 5.74) is 2.86. The largest absolute Gasteiger partial charge is 0.384 e. The van der Waals surface area contributed by atoms with Crippen LogP contribution in [-0.4, -0.2) is 22.9 Å². The minimum atomic E-state index is -0.852. The van der Waals surface area contributed by atoms with Gasteiger partial charge in [-0.3, -0.25) is 0 Å². The average molecular weight is 684 g/mol. The third kappa shape index (κ3) is 6.99. The molecule has 0 amide bonds. The third-order valence-electron chi connectivity index (χ3n) is 6.90. The molecular formula is C32H24Cl2N2O3S4. The maximum absolute atomic E-state index is 13.8. The molecule has 2 aromatic heterocycles. The molecular weight excluding hydrogens is 660 g/mol. The normalized spacial score (nSPS) is 13.3. The number of thioether (sulfide) groups is 2. The van der Waals surface area contributed by atoms with E-state index >= 15 is 0 Å². The van der Waals surface area contributed by atoms with Gasteiger partial charge in [0.25, 0.3) is 0 Å². The average Bonchev–Trinajstić information content (AvgIpc) is 3.57. The lowest BCUT2D eigenvalue weighted by Gasteiger charge is -2.20. The van der Waals surface area contributed by atoms with Crippen LogP contribution in [0.4, 0.5) is 0 Å². The van der Waals surface area contributed by atoms with E-state index in [4.69, 9.17) is 27.9 Å². The topological polar surface area (TPSA) is 90.9 Å². The molecule has 0 radical (unpaired) electrons.